The van der Waals surface area contributed by atoms with Gasteiger partial charge in [0.15, 0.2) is 0 Å². The molecule has 0 bridgehead atoms. The Bertz CT molecular complexity index is 1090. The Morgan fingerprint density at radius 1 is 1.03 bits per heavy atom. The Kier molecular flexibility index (Phi) is 6.49. The zero-order chi connectivity index (χ0) is 22.5. The zero-order valence-corrected chi connectivity index (χ0v) is 17.9. The van der Waals surface area contributed by atoms with E-state index in [1.165, 1.54) is 23.0 Å². The summed E-state index contributed by atoms with van der Waals surface area (Å²) in [7, 11) is 1.70. The number of amides is 2. The van der Waals surface area contributed by atoms with E-state index >= 15 is 0 Å². The van der Waals surface area contributed by atoms with Gasteiger partial charge in [0.2, 0.25) is 0 Å². The van der Waals surface area contributed by atoms with Crippen LogP contribution in [0, 0.1) is 5.82 Å². The van der Waals surface area contributed by atoms with E-state index in [2.05, 4.69) is 10.4 Å². The van der Waals surface area contributed by atoms with Gasteiger partial charge in [0, 0.05) is 25.7 Å². The summed E-state index contributed by atoms with van der Waals surface area (Å²) in [5.41, 5.74) is 2.10. The van der Waals surface area contributed by atoms with Crippen molar-refractivity contribution in [2.75, 3.05) is 18.4 Å². The van der Waals surface area contributed by atoms with Gasteiger partial charge in [-0.2, -0.15) is 5.10 Å². The highest BCUT2D eigenvalue weighted by Crippen LogP contribution is 2.21. The molecule has 0 atom stereocenters. The summed E-state index contributed by atoms with van der Waals surface area (Å²) in [6, 6.07) is 12.8. The second-order valence-electron chi connectivity index (χ2n) is 7.78. The fraction of sp³-hybridized carbons (Fsp3) is 0.292. The van der Waals surface area contributed by atoms with Crippen LogP contribution in [0.5, 0.6) is 5.75 Å². The average Bonchev–Trinajstić information content (AvgIpc) is 3.18. The van der Waals surface area contributed by atoms with Gasteiger partial charge >= 0.3 is 0 Å². The zero-order valence-electron chi connectivity index (χ0n) is 17.9. The quantitative estimate of drug-likeness (QED) is 0.633. The van der Waals surface area contributed by atoms with E-state index < -0.39 is 0 Å². The molecule has 2 heterocycles. The van der Waals surface area contributed by atoms with Crippen molar-refractivity contribution in [3.05, 3.63) is 77.4 Å². The number of carbonyl (C=O) groups is 2. The van der Waals surface area contributed by atoms with Crippen LogP contribution in [0.25, 0.3) is 0 Å². The molecule has 32 heavy (non-hydrogen) atoms. The van der Waals surface area contributed by atoms with Crippen molar-refractivity contribution in [2.24, 2.45) is 7.05 Å². The maximum atomic E-state index is 13.0. The molecule has 1 aliphatic heterocycles. The maximum Gasteiger partial charge on any atom is 0.274 e. The summed E-state index contributed by atoms with van der Waals surface area (Å²) < 4.78 is 20.1. The Labute approximate surface area is 185 Å². The van der Waals surface area contributed by atoms with Crippen LogP contribution in [-0.4, -0.2) is 39.6 Å². The molecule has 0 aliphatic carbocycles. The van der Waals surface area contributed by atoms with E-state index in [0.29, 0.717) is 29.3 Å². The van der Waals surface area contributed by atoms with Crippen molar-refractivity contribution in [1.82, 2.24) is 14.7 Å². The van der Waals surface area contributed by atoms with Gasteiger partial charge in [0.05, 0.1) is 11.9 Å². The number of likely N-dealkylation sites (tertiary alicyclic amines) is 1. The van der Waals surface area contributed by atoms with Gasteiger partial charge in [0.25, 0.3) is 11.8 Å². The molecular formula is C24H25FN4O3. The SMILES string of the molecule is Cn1ncc(NC(=O)c2ccc(COc3ccc(F)cc3)cc2)c1C(=O)N1CCCCC1. The number of aryl methyl sites for hydroxylation is 1. The van der Waals surface area contributed by atoms with Crippen molar-refractivity contribution in [1.29, 1.82) is 0 Å². The van der Waals surface area contributed by atoms with E-state index in [-0.39, 0.29) is 17.6 Å². The second kappa shape index (κ2) is 9.64. The highest BCUT2D eigenvalue weighted by molar-refractivity contribution is 6.08. The second-order valence-corrected chi connectivity index (χ2v) is 7.78. The molecule has 4 rings (SSSR count). The van der Waals surface area contributed by atoms with Gasteiger partial charge in [-0.25, -0.2) is 4.39 Å². The normalized spacial score (nSPS) is 13.6. The minimum absolute atomic E-state index is 0.117. The molecule has 0 spiro atoms. The van der Waals surface area contributed by atoms with Crippen LogP contribution in [0.2, 0.25) is 0 Å². The molecule has 1 N–H and O–H groups in total. The number of halogens is 1. The monoisotopic (exact) mass is 436 g/mol. The fourth-order valence-corrected chi connectivity index (χ4v) is 3.67. The number of hydrogen-bond acceptors (Lipinski definition) is 4. The number of nitrogens with zero attached hydrogens (tertiary/aromatic N) is 3. The molecule has 0 radical (unpaired) electrons. The maximum absolute atomic E-state index is 13.0. The number of ether oxygens (including phenoxy) is 1. The summed E-state index contributed by atoms with van der Waals surface area (Å²) in [6.07, 6.45) is 4.61. The standard InChI is InChI=1S/C24H25FN4O3/c1-28-22(24(31)29-13-3-2-4-14-29)21(15-26-28)27-23(30)18-7-5-17(6-8-18)16-32-20-11-9-19(25)10-12-20/h5-12,15H,2-4,13-14,16H2,1H3,(H,27,30). The molecule has 7 nitrogen and oxygen atoms in total. The van der Waals surface area contributed by atoms with Gasteiger partial charge in [-0.15, -0.1) is 0 Å². The summed E-state index contributed by atoms with van der Waals surface area (Å²) in [6.45, 7) is 1.74. The third kappa shape index (κ3) is 4.96. The van der Waals surface area contributed by atoms with Gasteiger partial charge in [-0.05, 0) is 61.2 Å². The summed E-state index contributed by atoms with van der Waals surface area (Å²) in [5.74, 6) is -0.192. The van der Waals surface area contributed by atoms with Crippen LogP contribution >= 0.6 is 0 Å². The third-order valence-electron chi connectivity index (χ3n) is 5.47. The minimum Gasteiger partial charge on any atom is -0.489 e. The van der Waals surface area contributed by atoms with E-state index in [4.69, 9.17) is 4.74 Å². The molecule has 1 aliphatic rings. The van der Waals surface area contributed by atoms with Crippen LogP contribution in [0.3, 0.4) is 0 Å². The van der Waals surface area contributed by atoms with Gasteiger partial charge in [-0.3, -0.25) is 14.3 Å². The number of hydrogen-bond donors (Lipinski definition) is 1. The molecule has 0 unspecified atom stereocenters. The number of carbonyl (C=O) groups excluding carboxylic acids is 2. The van der Waals surface area contributed by atoms with Crippen molar-refractivity contribution in [3.8, 4) is 5.75 Å². The topological polar surface area (TPSA) is 76.5 Å². The summed E-state index contributed by atoms with van der Waals surface area (Å²) in [5, 5.41) is 6.98. The number of piperidine rings is 1. The van der Waals surface area contributed by atoms with Gasteiger partial charge in [-0.1, -0.05) is 12.1 Å². The first-order valence-electron chi connectivity index (χ1n) is 10.6. The Balaban J connectivity index is 1.40. The number of anilines is 1. The van der Waals surface area contributed by atoms with Gasteiger partial charge in [0.1, 0.15) is 23.9 Å². The number of rotatable bonds is 6. The first-order chi connectivity index (χ1) is 15.5. The molecular weight excluding hydrogens is 411 g/mol. The molecule has 1 fully saturated rings. The third-order valence-corrected chi connectivity index (χ3v) is 5.47. The predicted molar refractivity (Wildman–Crippen MR) is 118 cm³/mol. The molecule has 2 amide bonds. The molecule has 166 valence electrons. The Morgan fingerprint density at radius 2 is 1.72 bits per heavy atom. The highest BCUT2D eigenvalue weighted by Gasteiger charge is 2.25. The van der Waals surface area contributed by atoms with Crippen LogP contribution in [-0.2, 0) is 13.7 Å². The van der Waals surface area contributed by atoms with Crippen LogP contribution < -0.4 is 10.1 Å². The van der Waals surface area contributed by atoms with Crippen LogP contribution in [0.4, 0.5) is 10.1 Å². The lowest BCUT2D eigenvalue weighted by atomic mass is 10.1. The van der Waals surface area contributed by atoms with Crippen molar-refractivity contribution >= 4 is 17.5 Å². The summed E-state index contributed by atoms with van der Waals surface area (Å²) >= 11 is 0. The molecule has 3 aromatic rings. The van der Waals surface area contributed by atoms with Crippen LogP contribution in [0.15, 0.2) is 54.7 Å². The number of benzene rings is 2. The van der Waals surface area contributed by atoms with E-state index in [0.717, 1.165) is 37.9 Å². The molecule has 1 aromatic heterocycles. The minimum atomic E-state index is -0.323. The summed E-state index contributed by atoms with van der Waals surface area (Å²) in [4.78, 5) is 27.5. The largest absolute Gasteiger partial charge is 0.489 e. The van der Waals surface area contributed by atoms with E-state index in [1.807, 2.05) is 4.90 Å². The average molecular weight is 436 g/mol. The highest BCUT2D eigenvalue weighted by atomic mass is 19.1. The van der Waals surface area contributed by atoms with Crippen LogP contribution in [0.1, 0.15) is 45.7 Å². The molecule has 0 saturated carbocycles. The Morgan fingerprint density at radius 3 is 2.41 bits per heavy atom. The fourth-order valence-electron chi connectivity index (χ4n) is 3.67. The van der Waals surface area contributed by atoms with E-state index in [9.17, 15) is 14.0 Å². The molecule has 2 aromatic carbocycles. The van der Waals surface area contributed by atoms with Gasteiger partial charge < -0.3 is 15.0 Å². The lowest BCUT2D eigenvalue weighted by Crippen LogP contribution is -2.37. The van der Waals surface area contributed by atoms with Crippen molar-refractivity contribution in [2.45, 2.75) is 25.9 Å². The molecule has 1 saturated heterocycles. The lowest BCUT2D eigenvalue weighted by Gasteiger charge is -2.27. The Hall–Kier alpha value is -3.68. The predicted octanol–water partition coefficient (Wildman–Crippen LogP) is 4.02. The van der Waals surface area contributed by atoms with E-state index in [1.54, 1.807) is 43.4 Å². The number of nitrogens with one attached hydrogen (secondary N) is 1. The first-order valence-corrected chi connectivity index (χ1v) is 10.6. The smallest absolute Gasteiger partial charge is 0.274 e. The lowest BCUT2D eigenvalue weighted by molar-refractivity contribution is 0.0714. The molecule has 8 heteroatoms. The number of aromatic nitrogens is 2. The van der Waals surface area contributed by atoms with Crippen molar-refractivity contribution < 1.29 is 18.7 Å². The van der Waals surface area contributed by atoms with Crippen molar-refractivity contribution in [3.63, 3.8) is 0 Å². The first kappa shape index (κ1) is 21.5.